The van der Waals surface area contributed by atoms with Crippen molar-refractivity contribution in [1.82, 2.24) is 0 Å². The van der Waals surface area contributed by atoms with Gasteiger partial charge in [0.05, 0.1) is 11.5 Å². The quantitative estimate of drug-likeness (QED) is 0.651. The zero-order chi connectivity index (χ0) is 9.57. The van der Waals surface area contributed by atoms with Crippen molar-refractivity contribution in [3.8, 4) is 0 Å². The Morgan fingerprint density at radius 1 is 1.33 bits per heavy atom. The fraction of sp³-hybridized carbons (Fsp3) is 0.900. The van der Waals surface area contributed by atoms with Gasteiger partial charge in [0, 0.05) is 5.41 Å². The van der Waals surface area contributed by atoms with E-state index in [9.17, 15) is 9.90 Å². The summed E-state index contributed by atoms with van der Waals surface area (Å²) < 4.78 is 0. The molecule has 1 aliphatic carbocycles. The van der Waals surface area contributed by atoms with E-state index in [4.69, 9.17) is 0 Å². The molecule has 0 bridgehead atoms. The van der Waals surface area contributed by atoms with E-state index in [1.807, 2.05) is 20.8 Å². The van der Waals surface area contributed by atoms with Gasteiger partial charge in [-0.2, -0.15) is 0 Å². The SMILES string of the molecule is C[C@H](O)[C@]1(C)CCC(C)(C)C1=O. The van der Waals surface area contributed by atoms with Crippen molar-refractivity contribution in [2.45, 2.75) is 46.6 Å². The van der Waals surface area contributed by atoms with E-state index in [1.54, 1.807) is 6.92 Å². The summed E-state index contributed by atoms with van der Waals surface area (Å²) in [5.74, 6) is 0.213. The van der Waals surface area contributed by atoms with Crippen LogP contribution in [0.5, 0.6) is 0 Å². The molecule has 0 spiro atoms. The molecule has 2 heteroatoms. The van der Waals surface area contributed by atoms with Gasteiger partial charge in [-0.3, -0.25) is 4.79 Å². The predicted molar refractivity (Wildman–Crippen MR) is 47.8 cm³/mol. The van der Waals surface area contributed by atoms with Crippen LogP contribution in [0.15, 0.2) is 0 Å². The van der Waals surface area contributed by atoms with Gasteiger partial charge in [0.1, 0.15) is 5.78 Å². The molecule has 0 saturated heterocycles. The molecule has 0 amide bonds. The van der Waals surface area contributed by atoms with Crippen LogP contribution < -0.4 is 0 Å². The van der Waals surface area contributed by atoms with Crippen LogP contribution in [0.4, 0.5) is 0 Å². The van der Waals surface area contributed by atoms with Crippen LogP contribution in [0.25, 0.3) is 0 Å². The third-order valence-electron chi connectivity index (χ3n) is 3.32. The summed E-state index contributed by atoms with van der Waals surface area (Å²) >= 11 is 0. The molecule has 0 heterocycles. The van der Waals surface area contributed by atoms with E-state index >= 15 is 0 Å². The van der Waals surface area contributed by atoms with E-state index in [1.165, 1.54) is 0 Å². The minimum absolute atomic E-state index is 0.213. The molecule has 1 rings (SSSR count). The molecular weight excluding hydrogens is 152 g/mol. The van der Waals surface area contributed by atoms with Crippen LogP contribution in [-0.2, 0) is 4.79 Å². The highest BCUT2D eigenvalue weighted by Crippen LogP contribution is 2.47. The summed E-state index contributed by atoms with van der Waals surface area (Å²) in [6.07, 6.45) is 1.19. The van der Waals surface area contributed by atoms with Gasteiger partial charge in [-0.1, -0.05) is 20.8 Å². The largest absolute Gasteiger partial charge is 0.392 e. The molecule has 1 aliphatic rings. The molecule has 2 atom stereocenters. The second-order valence-electron chi connectivity index (χ2n) is 4.81. The van der Waals surface area contributed by atoms with Gasteiger partial charge >= 0.3 is 0 Å². The van der Waals surface area contributed by atoms with Gasteiger partial charge < -0.3 is 5.11 Å². The molecule has 2 nitrogen and oxygen atoms in total. The van der Waals surface area contributed by atoms with Crippen molar-refractivity contribution < 1.29 is 9.90 Å². The van der Waals surface area contributed by atoms with Crippen LogP contribution in [0, 0.1) is 10.8 Å². The third-order valence-corrected chi connectivity index (χ3v) is 3.32. The molecule has 0 aromatic carbocycles. The Morgan fingerprint density at radius 2 is 1.83 bits per heavy atom. The smallest absolute Gasteiger partial charge is 0.146 e. The zero-order valence-electron chi connectivity index (χ0n) is 8.35. The molecule has 0 radical (unpaired) electrons. The summed E-state index contributed by atoms with van der Waals surface area (Å²) in [6.45, 7) is 7.50. The Morgan fingerprint density at radius 3 is 2.00 bits per heavy atom. The first-order valence-electron chi connectivity index (χ1n) is 4.54. The maximum Gasteiger partial charge on any atom is 0.146 e. The topological polar surface area (TPSA) is 37.3 Å². The van der Waals surface area contributed by atoms with Gasteiger partial charge in [0.2, 0.25) is 0 Å². The van der Waals surface area contributed by atoms with Gasteiger partial charge in [0.25, 0.3) is 0 Å². The molecule has 0 aromatic rings. The third kappa shape index (κ3) is 1.18. The molecular formula is C10H18O2. The molecule has 1 fully saturated rings. The average molecular weight is 170 g/mol. The van der Waals surface area contributed by atoms with E-state index in [-0.39, 0.29) is 11.2 Å². The Hall–Kier alpha value is -0.370. The highest BCUT2D eigenvalue weighted by Gasteiger charge is 2.51. The second kappa shape index (κ2) is 2.56. The fourth-order valence-corrected chi connectivity index (χ4v) is 1.97. The van der Waals surface area contributed by atoms with Gasteiger partial charge in [-0.25, -0.2) is 0 Å². The number of hydrogen-bond acceptors (Lipinski definition) is 2. The molecule has 0 aromatic heterocycles. The fourth-order valence-electron chi connectivity index (χ4n) is 1.97. The van der Waals surface area contributed by atoms with Gasteiger partial charge in [-0.15, -0.1) is 0 Å². The number of hydrogen-bond donors (Lipinski definition) is 1. The molecule has 0 unspecified atom stereocenters. The Bertz CT molecular complexity index is 206. The van der Waals surface area contributed by atoms with E-state index in [0.29, 0.717) is 0 Å². The van der Waals surface area contributed by atoms with E-state index in [2.05, 4.69) is 0 Å². The first-order chi connectivity index (χ1) is 5.31. The highest BCUT2D eigenvalue weighted by atomic mass is 16.3. The average Bonchev–Trinajstić information content (AvgIpc) is 2.15. The number of Topliss-reactive ketones (excluding diaryl/α,β-unsaturated/α-hetero) is 1. The van der Waals surface area contributed by atoms with E-state index in [0.717, 1.165) is 12.8 Å². The predicted octanol–water partition coefficient (Wildman–Crippen LogP) is 1.76. The van der Waals surface area contributed by atoms with Crippen LogP contribution >= 0.6 is 0 Å². The van der Waals surface area contributed by atoms with Gasteiger partial charge in [0.15, 0.2) is 0 Å². The maximum atomic E-state index is 11.8. The lowest BCUT2D eigenvalue weighted by atomic mass is 9.78. The monoisotopic (exact) mass is 170 g/mol. The Balaban J connectivity index is 2.93. The van der Waals surface area contributed by atoms with Crippen molar-refractivity contribution in [2.75, 3.05) is 0 Å². The number of aliphatic hydroxyl groups excluding tert-OH is 1. The zero-order valence-corrected chi connectivity index (χ0v) is 8.35. The van der Waals surface area contributed by atoms with Gasteiger partial charge in [-0.05, 0) is 19.8 Å². The van der Waals surface area contributed by atoms with Crippen molar-refractivity contribution >= 4 is 5.78 Å². The summed E-state index contributed by atoms with van der Waals surface area (Å²) in [5.41, 5.74) is -0.727. The summed E-state index contributed by atoms with van der Waals surface area (Å²) in [4.78, 5) is 11.8. The van der Waals surface area contributed by atoms with E-state index < -0.39 is 11.5 Å². The van der Waals surface area contributed by atoms with Crippen LogP contribution in [-0.4, -0.2) is 17.0 Å². The summed E-state index contributed by atoms with van der Waals surface area (Å²) in [7, 11) is 0. The van der Waals surface area contributed by atoms with Crippen molar-refractivity contribution in [1.29, 1.82) is 0 Å². The number of ketones is 1. The standard InChI is InChI=1S/C10H18O2/c1-7(11)10(4)6-5-9(2,3)8(10)12/h7,11H,5-6H2,1-4H3/t7-,10-/m0/s1. The minimum Gasteiger partial charge on any atom is -0.392 e. The molecule has 1 saturated carbocycles. The Labute approximate surface area is 74.0 Å². The normalized spacial score (nSPS) is 36.9. The van der Waals surface area contributed by atoms with Crippen molar-refractivity contribution in [2.24, 2.45) is 10.8 Å². The van der Waals surface area contributed by atoms with Crippen molar-refractivity contribution in [3.63, 3.8) is 0 Å². The molecule has 70 valence electrons. The lowest BCUT2D eigenvalue weighted by Crippen LogP contribution is -2.38. The number of carbonyl (C=O) groups is 1. The number of carbonyl (C=O) groups excluding carboxylic acids is 1. The lowest BCUT2D eigenvalue weighted by molar-refractivity contribution is -0.136. The first kappa shape index (κ1) is 9.72. The second-order valence-corrected chi connectivity index (χ2v) is 4.81. The maximum absolute atomic E-state index is 11.8. The Kier molecular flexibility index (Phi) is 2.07. The minimum atomic E-state index is -0.522. The molecule has 0 aliphatic heterocycles. The lowest BCUT2D eigenvalue weighted by Gasteiger charge is -2.27. The first-order valence-corrected chi connectivity index (χ1v) is 4.54. The molecule has 1 N–H and O–H groups in total. The van der Waals surface area contributed by atoms with Crippen molar-refractivity contribution in [3.05, 3.63) is 0 Å². The van der Waals surface area contributed by atoms with Crippen LogP contribution in [0.2, 0.25) is 0 Å². The summed E-state index contributed by atoms with van der Waals surface area (Å²) in [6, 6.07) is 0. The van der Waals surface area contributed by atoms with Crippen LogP contribution in [0.1, 0.15) is 40.5 Å². The summed E-state index contributed by atoms with van der Waals surface area (Å²) in [5, 5.41) is 9.49. The molecule has 12 heavy (non-hydrogen) atoms. The van der Waals surface area contributed by atoms with Crippen LogP contribution in [0.3, 0.4) is 0 Å². The highest BCUT2D eigenvalue weighted by molar-refractivity contribution is 5.91. The number of rotatable bonds is 1. The number of aliphatic hydroxyl groups is 1.